The summed E-state index contributed by atoms with van der Waals surface area (Å²) in [7, 11) is 0. The first-order chi connectivity index (χ1) is 19.8. The van der Waals surface area contributed by atoms with Crippen molar-refractivity contribution in [1.82, 2.24) is 4.98 Å². The quantitative estimate of drug-likeness (QED) is 0.118. The number of carbonyl (C=O) groups excluding carboxylic acids is 4. The van der Waals surface area contributed by atoms with Gasteiger partial charge in [-0.2, -0.15) is 0 Å². The first-order valence-electron chi connectivity index (χ1n) is 13.3. The van der Waals surface area contributed by atoms with Crippen LogP contribution in [-0.4, -0.2) is 35.2 Å². The predicted octanol–water partition coefficient (Wildman–Crippen LogP) is 6.30. The van der Waals surface area contributed by atoms with Gasteiger partial charge >= 0.3 is 5.97 Å². The lowest BCUT2D eigenvalue weighted by Gasteiger charge is -2.22. The fraction of sp³-hybridized carbons (Fsp3) is 0.182. The van der Waals surface area contributed by atoms with Crippen LogP contribution in [0.15, 0.2) is 91.0 Å². The number of nitrogens with zero attached hydrogens (tertiary/aromatic N) is 2. The van der Waals surface area contributed by atoms with Crippen molar-refractivity contribution in [2.24, 2.45) is 17.8 Å². The van der Waals surface area contributed by atoms with Crippen LogP contribution in [0.4, 0.5) is 5.69 Å². The molecule has 1 saturated heterocycles. The SMILES string of the molecule is C[C@@H]1C=CC[C@@H]2C(=O)N(c3ccc(-c4cc(C(=O)OCC(=O)c5ccc(Cl)cc5)c5ccccc5n4)cc3)C(=O)[C@@H]12. The zero-order valence-electron chi connectivity index (χ0n) is 22.1. The second kappa shape index (κ2) is 10.7. The number of Topliss-reactive ketones (excluding diaryl/α,β-unsaturated/α-hetero) is 1. The van der Waals surface area contributed by atoms with Gasteiger partial charge in [-0.25, -0.2) is 9.78 Å². The maximum absolute atomic E-state index is 13.2. The molecule has 1 aromatic heterocycles. The van der Waals surface area contributed by atoms with Gasteiger partial charge in [-0.05, 0) is 60.9 Å². The number of amides is 2. The molecule has 0 unspecified atom stereocenters. The van der Waals surface area contributed by atoms with Gasteiger partial charge in [-0.3, -0.25) is 19.3 Å². The Morgan fingerprint density at radius 2 is 1.71 bits per heavy atom. The van der Waals surface area contributed by atoms with E-state index in [-0.39, 0.29) is 40.9 Å². The van der Waals surface area contributed by atoms with E-state index in [1.807, 2.05) is 25.1 Å². The van der Waals surface area contributed by atoms with Crippen molar-refractivity contribution in [3.63, 3.8) is 0 Å². The first kappa shape index (κ1) is 26.6. The molecule has 7 nitrogen and oxygen atoms in total. The summed E-state index contributed by atoms with van der Waals surface area (Å²) in [6, 6.07) is 22.2. The number of pyridine rings is 1. The molecule has 3 atom stereocenters. The lowest BCUT2D eigenvalue weighted by atomic mass is 9.78. The third-order valence-corrected chi connectivity index (χ3v) is 7.98. The van der Waals surface area contributed by atoms with Crippen LogP contribution in [0.5, 0.6) is 0 Å². The molecule has 1 fully saturated rings. The molecular weight excluding hydrogens is 540 g/mol. The molecule has 41 heavy (non-hydrogen) atoms. The van der Waals surface area contributed by atoms with Gasteiger partial charge in [-0.1, -0.05) is 61.0 Å². The smallest absolute Gasteiger partial charge is 0.339 e. The first-order valence-corrected chi connectivity index (χ1v) is 13.7. The summed E-state index contributed by atoms with van der Waals surface area (Å²) in [6.07, 6.45) is 4.55. The van der Waals surface area contributed by atoms with Gasteiger partial charge in [0.05, 0.1) is 34.3 Å². The number of esters is 1. The summed E-state index contributed by atoms with van der Waals surface area (Å²) < 4.78 is 5.40. The number of rotatable bonds is 6. The van der Waals surface area contributed by atoms with Crippen molar-refractivity contribution in [2.75, 3.05) is 11.5 Å². The van der Waals surface area contributed by atoms with Crippen molar-refractivity contribution in [3.8, 4) is 11.3 Å². The number of imide groups is 1. The minimum Gasteiger partial charge on any atom is -0.454 e. The van der Waals surface area contributed by atoms with Crippen LogP contribution in [0.2, 0.25) is 5.02 Å². The Bertz CT molecular complexity index is 1730. The van der Waals surface area contributed by atoms with Crippen molar-refractivity contribution in [2.45, 2.75) is 13.3 Å². The molecule has 2 amide bonds. The molecule has 0 saturated carbocycles. The largest absolute Gasteiger partial charge is 0.454 e. The Morgan fingerprint density at radius 3 is 2.44 bits per heavy atom. The van der Waals surface area contributed by atoms with Crippen LogP contribution in [0.1, 0.15) is 34.1 Å². The molecule has 1 aliphatic heterocycles. The fourth-order valence-corrected chi connectivity index (χ4v) is 5.73. The van der Waals surface area contributed by atoms with E-state index in [0.717, 1.165) is 0 Å². The van der Waals surface area contributed by atoms with Gasteiger partial charge in [0.1, 0.15) is 0 Å². The van der Waals surface area contributed by atoms with Crippen LogP contribution in [0.3, 0.4) is 0 Å². The van der Waals surface area contributed by atoms with Crippen molar-refractivity contribution in [3.05, 3.63) is 107 Å². The second-order valence-corrected chi connectivity index (χ2v) is 10.7. The summed E-state index contributed by atoms with van der Waals surface area (Å²) >= 11 is 5.89. The molecule has 2 heterocycles. The average molecular weight is 565 g/mol. The molecule has 0 radical (unpaired) electrons. The number of carbonyl (C=O) groups is 4. The van der Waals surface area contributed by atoms with E-state index in [9.17, 15) is 19.2 Å². The molecule has 0 bridgehead atoms. The Hall–Kier alpha value is -4.62. The van der Waals surface area contributed by atoms with Crippen molar-refractivity contribution >= 4 is 51.8 Å². The standard InChI is InChI=1S/C33H25ClN2O5/c1-19-5-4-7-25-30(19)32(39)36(31(25)38)23-15-11-20(12-16-23)28-17-26(24-6-2-3-8-27(24)35-28)33(40)41-18-29(37)21-9-13-22(34)14-10-21/h2-6,8-17,19,25,30H,7,18H2,1H3/t19-,25+,30+/m1/s1. The summed E-state index contributed by atoms with van der Waals surface area (Å²) in [5.74, 6) is -2.00. The van der Waals surface area contributed by atoms with Gasteiger partial charge in [0.25, 0.3) is 0 Å². The number of hydrogen-bond acceptors (Lipinski definition) is 6. The van der Waals surface area contributed by atoms with Crippen LogP contribution >= 0.6 is 11.6 Å². The topological polar surface area (TPSA) is 93.6 Å². The summed E-state index contributed by atoms with van der Waals surface area (Å²) in [5, 5.41) is 1.10. The Morgan fingerprint density at radius 1 is 0.976 bits per heavy atom. The number of allylic oxidation sites excluding steroid dienone is 2. The molecular formula is C33H25ClN2O5. The molecule has 0 spiro atoms. The lowest BCUT2D eigenvalue weighted by molar-refractivity contribution is -0.122. The van der Waals surface area contributed by atoms with E-state index in [1.54, 1.807) is 72.8 Å². The van der Waals surface area contributed by atoms with Gasteiger partial charge in [0.2, 0.25) is 11.8 Å². The van der Waals surface area contributed by atoms with E-state index in [0.29, 0.717) is 44.9 Å². The second-order valence-electron chi connectivity index (χ2n) is 10.3. The zero-order valence-corrected chi connectivity index (χ0v) is 22.9. The van der Waals surface area contributed by atoms with Crippen molar-refractivity contribution in [1.29, 1.82) is 0 Å². The van der Waals surface area contributed by atoms with Crippen LogP contribution in [0.25, 0.3) is 22.2 Å². The number of fused-ring (bicyclic) bond motifs is 2. The monoisotopic (exact) mass is 564 g/mol. The number of hydrogen-bond donors (Lipinski definition) is 0. The highest BCUT2D eigenvalue weighted by Gasteiger charge is 2.50. The summed E-state index contributed by atoms with van der Waals surface area (Å²) in [5.41, 5.74) is 2.96. The number of anilines is 1. The van der Waals surface area contributed by atoms with E-state index in [4.69, 9.17) is 21.3 Å². The molecule has 1 aliphatic carbocycles. The Kier molecular flexibility index (Phi) is 6.97. The van der Waals surface area contributed by atoms with Crippen LogP contribution in [-0.2, 0) is 14.3 Å². The summed E-state index contributed by atoms with van der Waals surface area (Å²) in [4.78, 5) is 58.0. The van der Waals surface area contributed by atoms with Gasteiger partial charge in [-0.15, -0.1) is 0 Å². The fourth-order valence-electron chi connectivity index (χ4n) is 5.60. The number of para-hydroxylation sites is 1. The number of ether oxygens (including phenoxy) is 1. The maximum Gasteiger partial charge on any atom is 0.339 e. The Labute approximate surface area is 241 Å². The minimum atomic E-state index is -0.651. The lowest BCUT2D eigenvalue weighted by Crippen LogP contribution is -2.31. The van der Waals surface area contributed by atoms with Crippen molar-refractivity contribution < 1.29 is 23.9 Å². The van der Waals surface area contributed by atoms with E-state index in [1.165, 1.54) is 4.90 Å². The zero-order chi connectivity index (χ0) is 28.7. The third-order valence-electron chi connectivity index (χ3n) is 7.73. The molecule has 2 aliphatic rings. The molecule has 0 N–H and O–H groups in total. The van der Waals surface area contributed by atoms with Crippen LogP contribution in [0, 0.1) is 17.8 Å². The third kappa shape index (κ3) is 4.93. The number of ketones is 1. The Balaban J connectivity index is 1.26. The van der Waals surface area contributed by atoms with E-state index >= 15 is 0 Å². The molecule has 3 aromatic carbocycles. The molecule has 204 valence electrons. The number of benzene rings is 3. The number of aromatic nitrogens is 1. The molecule has 8 heteroatoms. The van der Waals surface area contributed by atoms with Gasteiger partial charge in [0, 0.05) is 21.5 Å². The highest BCUT2D eigenvalue weighted by atomic mass is 35.5. The molecule has 4 aromatic rings. The average Bonchev–Trinajstić information content (AvgIpc) is 3.25. The van der Waals surface area contributed by atoms with E-state index in [2.05, 4.69) is 0 Å². The summed E-state index contributed by atoms with van der Waals surface area (Å²) in [6.45, 7) is 1.54. The molecule has 6 rings (SSSR count). The minimum absolute atomic E-state index is 0.0101. The number of halogens is 1. The van der Waals surface area contributed by atoms with E-state index < -0.39 is 12.6 Å². The maximum atomic E-state index is 13.2. The van der Waals surface area contributed by atoms with Gasteiger partial charge in [0.15, 0.2) is 12.4 Å². The highest BCUT2D eigenvalue weighted by Crippen LogP contribution is 2.40. The van der Waals surface area contributed by atoms with Gasteiger partial charge < -0.3 is 4.74 Å². The predicted molar refractivity (Wildman–Crippen MR) is 156 cm³/mol. The highest BCUT2D eigenvalue weighted by molar-refractivity contribution is 6.30. The normalized spacial score (nSPS) is 19.9. The van der Waals surface area contributed by atoms with Crippen LogP contribution < -0.4 is 4.90 Å².